The van der Waals surface area contributed by atoms with Crippen LogP contribution in [-0.2, 0) is 0 Å². The van der Waals surface area contributed by atoms with Crippen LogP contribution >= 0.6 is 0 Å². The molecule has 2 fully saturated rings. The summed E-state index contributed by atoms with van der Waals surface area (Å²) in [6.07, 6.45) is 7.77. The minimum atomic E-state index is -0.178. The summed E-state index contributed by atoms with van der Waals surface area (Å²) in [4.78, 5) is 4.37. The fraction of sp³-hybridized carbons (Fsp3) is 0.526. The molecule has 4 atom stereocenters. The molecule has 4 rings (SSSR count). The molecule has 1 aromatic carbocycles. The van der Waals surface area contributed by atoms with Gasteiger partial charge in [-0.3, -0.25) is 4.98 Å². The molecule has 0 bridgehead atoms. The molecule has 2 saturated carbocycles. The molecule has 2 nitrogen and oxygen atoms in total. The molecule has 2 aromatic rings. The predicted molar refractivity (Wildman–Crippen MR) is 85.1 cm³/mol. The number of nitrogens with zero attached hydrogens (tertiary/aromatic N) is 1. The quantitative estimate of drug-likeness (QED) is 0.918. The number of aromatic nitrogens is 1. The molecule has 0 saturated heterocycles. The van der Waals surface area contributed by atoms with Crippen LogP contribution in [0.3, 0.4) is 0 Å². The zero-order valence-corrected chi connectivity index (χ0v) is 12.7. The Kier molecular flexibility index (Phi) is 3.61. The number of fused-ring (bicyclic) bond motifs is 2. The molecule has 1 aromatic heterocycles. The fourth-order valence-electron chi connectivity index (χ4n) is 4.91. The van der Waals surface area contributed by atoms with E-state index in [0.29, 0.717) is 18.4 Å². The summed E-state index contributed by atoms with van der Waals surface area (Å²) in [5.41, 5.74) is 2.17. The van der Waals surface area contributed by atoms with Gasteiger partial charge in [0.15, 0.2) is 0 Å². The number of halogens is 1. The van der Waals surface area contributed by atoms with Gasteiger partial charge in [-0.25, -0.2) is 4.39 Å². The Bertz CT molecular complexity index is 672. The largest absolute Gasteiger partial charge is 0.396 e. The first kappa shape index (κ1) is 14.1. The lowest BCUT2D eigenvalue weighted by Gasteiger charge is -2.16. The number of hydrogen-bond acceptors (Lipinski definition) is 2. The Morgan fingerprint density at radius 2 is 1.86 bits per heavy atom. The summed E-state index contributed by atoms with van der Waals surface area (Å²) >= 11 is 0. The maximum atomic E-state index is 13.6. The molecule has 0 spiro atoms. The van der Waals surface area contributed by atoms with Crippen LogP contribution in [0, 0.1) is 23.6 Å². The molecule has 1 N–H and O–H groups in total. The average Bonchev–Trinajstić information content (AvgIpc) is 3.05. The fourth-order valence-corrected chi connectivity index (χ4v) is 4.91. The van der Waals surface area contributed by atoms with E-state index < -0.39 is 0 Å². The van der Waals surface area contributed by atoms with E-state index >= 15 is 0 Å². The Morgan fingerprint density at radius 3 is 2.59 bits per heavy atom. The van der Waals surface area contributed by atoms with Gasteiger partial charge in [0.2, 0.25) is 0 Å². The van der Waals surface area contributed by atoms with Crippen molar-refractivity contribution in [3.8, 4) is 0 Å². The highest BCUT2D eigenvalue weighted by atomic mass is 19.1. The minimum absolute atomic E-state index is 0.178. The summed E-state index contributed by atoms with van der Waals surface area (Å²) in [6.45, 7) is 0.321. The van der Waals surface area contributed by atoms with Gasteiger partial charge in [-0.1, -0.05) is 0 Å². The van der Waals surface area contributed by atoms with Gasteiger partial charge in [-0.2, -0.15) is 0 Å². The summed E-state index contributed by atoms with van der Waals surface area (Å²) in [5.74, 6) is 2.66. The molecular weight excluding hydrogens is 277 g/mol. The van der Waals surface area contributed by atoms with E-state index in [2.05, 4.69) is 11.1 Å². The Labute approximate surface area is 130 Å². The van der Waals surface area contributed by atoms with Crippen LogP contribution in [0.15, 0.2) is 30.5 Å². The van der Waals surface area contributed by atoms with Gasteiger partial charge in [0.05, 0.1) is 5.52 Å². The molecule has 0 aliphatic heterocycles. The van der Waals surface area contributed by atoms with Crippen molar-refractivity contribution in [1.29, 1.82) is 0 Å². The lowest BCUT2D eigenvalue weighted by atomic mass is 9.90. The second-order valence-electron chi connectivity index (χ2n) is 7.10. The van der Waals surface area contributed by atoms with Crippen LogP contribution in [0.2, 0.25) is 0 Å². The number of aliphatic hydroxyl groups excluding tert-OH is 1. The highest BCUT2D eigenvalue weighted by molar-refractivity contribution is 5.82. The van der Waals surface area contributed by atoms with Crippen molar-refractivity contribution < 1.29 is 9.50 Å². The number of benzene rings is 1. The number of hydrogen-bond donors (Lipinski definition) is 1. The third-order valence-electron chi connectivity index (χ3n) is 5.83. The van der Waals surface area contributed by atoms with E-state index in [1.165, 1.54) is 37.3 Å². The number of aliphatic hydroxyl groups is 1. The van der Waals surface area contributed by atoms with E-state index in [1.807, 2.05) is 6.20 Å². The van der Waals surface area contributed by atoms with Gasteiger partial charge < -0.3 is 5.11 Å². The van der Waals surface area contributed by atoms with Crippen molar-refractivity contribution in [1.82, 2.24) is 4.98 Å². The lowest BCUT2D eigenvalue weighted by Crippen LogP contribution is -2.03. The van der Waals surface area contributed by atoms with Crippen molar-refractivity contribution in [3.63, 3.8) is 0 Å². The van der Waals surface area contributed by atoms with Gasteiger partial charge in [0.25, 0.3) is 0 Å². The molecule has 22 heavy (non-hydrogen) atoms. The topological polar surface area (TPSA) is 33.1 Å². The van der Waals surface area contributed by atoms with Crippen molar-refractivity contribution in [2.45, 2.75) is 38.0 Å². The van der Waals surface area contributed by atoms with Crippen molar-refractivity contribution >= 4 is 10.9 Å². The monoisotopic (exact) mass is 299 g/mol. The third kappa shape index (κ3) is 2.41. The van der Waals surface area contributed by atoms with Gasteiger partial charge >= 0.3 is 0 Å². The second-order valence-corrected chi connectivity index (χ2v) is 7.10. The van der Waals surface area contributed by atoms with E-state index in [0.717, 1.165) is 29.2 Å². The highest BCUT2D eigenvalue weighted by Crippen LogP contribution is 2.53. The zero-order chi connectivity index (χ0) is 15.1. The first-order valence-electron chi connectivity index (χ1n) is 8.39. The Morgan fingerprint density at radius 1 is 1.09 bits per heavy atom. The molecule has 116 valence electrons. The van der Waals surface area contributed by atoms with Crippen LogP contribution < -0.4 is 0 Å². The van der Waals surface area contributed by atoms with Gasteiger partial charge in [-0.15, -0.1) is 0 Å². The van der Waals surface area contributed by atoms with E-state index in [9.17, 15) is 4.39 Å². The zero-order valence-electron chi connectivity index (χ0n) is 12.7. The Balaban J connectivity index is 1.59. The average molecular weight is 299 g/mol. The molecule has 1 heterocycles. The number of pyridine rings is 1. The van der Waals surface area contributed by atoms with Crippen molar-refractivity contribution in [2.75, 3.05) is 6.61 Å². The van der Waals surface area contributed by atoms with Crippen LogP contribution in [0.5, 0.6) is 0 Å². The first-order chi connectivity index (χ1) is 10.7. The summed E-state index contributed by atoms with van der Waals surface area (Å²) in [5, 5.41) is 10.1. The molecule has 0 radical (unpaired) electrons. The van der Waals surface area contributed by atoms with Gasteiger partial charge in [0, 0.05) is 18.2 Å². The maximum absolute atomic E-state index is 13.6. The molecule has 2 aliphatic carbocycles. The predicted octanol–water partition coefficient (Wildman–Crippen LogP) is 4.28. The van der Waals surface area contributed by atoms with Gasteiger partial charge in [-0.05, 0) is 85.6 Å². The smallest absolute Gasteiger partial charge is 0.123 e. The second kappa shape index (κ2) is 5.62. The highest BCUT2D eigenvalue weighted by Gasteiger charge is 2.41. The minimum Gasteiger partial charge on any atom is -0.396 e. The van der Waals surface area contributed by atoms with Crippen LogP contribution in [0.25, 0.3) is 10.9 Å². The third-order valence-corrected chi connectivity index (χ3v) is 5.83. The number of rotatable bonds is 3. The lowest BCUT2D eigenvalue weighted by molar-refractivity contribution is 0.253. The summed E-state index contributed by atoms with van der Waals surface area (Å²) in [7, 11) is 0. The first-order valence-corrected chi connectivity index (χ1v) is 8.39. The molecular formula is C19H22FNO. The maximum Gasteiger partial charge on any atom is 0.123 e. The summed E-state index contributed by atoms with van der Waals surface area (Å²) in [6, 6.07) is 6.99. The molecule has 3 heteroatoms. The van der Waals surface area contributed by atoms with Crippen LogP contribution in [0.4, 0.5) is 4.39 Å². The SMILES string of the molecule is OCCC1C[C@@H]2CC(c3ccnc4ccc(F)cc34)C[C@@H]2C1. The van der Waals surface area contributed by atoms with Crippen molar-refractivity contribution in [2.24, 2.45) is 17.8 Å². The van der Waals surface area contributed by atoms with E-state index in [1.54, 1.807) is 12.1 Å². The standard InChI is InChI=1S/C19H22FNO/c20-16-1-2-19-18(11-16)17(3-5-21-19)15-9-13-7-12(4-6-22)8-14(13)10-15/h1-3,5,11-15,22H,4,6-10H2/t12?,13-,14+,15?. The van der Waals surface area contributed by atoms with Crippen LogP contribution in [0.1, 0.15) is 43.6 Å². The summed E-state index contributed by atoms with van der Waals surface area (Å²) < 4.78 is 13.6. The molecule has 2 unspecified atom stereocenters. The molecule has 0 amide bonds. The van der Waals surface area contributed by atoms with Gasteiger partial charge in [0.1, 0.15) is 5.82 Å². The van der Waals surface area contributed by atoms with E-state index in [4.69, 9.17) is 5.11 Å². The van der Waals surface area contributed by atoms with E-state index in [-0.39, 0.29) is 5.82 Å². The van der Waals surface area contributed by atoms with Crippen LogP contribution in [-0.4, -0.2) is 16.7 Å². The van der Waals surface area contributed by atoms with Crippen molar-refractivity contribution in [3.05, 3.63) is 41.8 Å². The normalized spacial score (nSPS) is 30.8. The Hall–Kier alpha value is -1.48. The molecule has 2 aliphatic rings.